The van der Waals surface area contributed by atoms with E-state index >= 15 is 0 Å². The Balaban J connectivity index is 1.91. The largest absolute Gasteiger partial charge is 0.399 e. The molecule has 2 rings (SSSR count). The summed E-state index contributed by atoms with van der Waals surface area (Å²) in [5.74, 6) is -0.0829. The molecule has 0 aliphatic heterocycles. The maximum Gasteiger partial charge on any atom is 0.238 e. The summed E-state index contributed by atoms with van der Waals surface area (Å²) in [7, 11) is 1.66. The minimum absolute atomic E-state index is 0.0829. The summed E-state index contributed by atoms with van der Waals surface area (Å²) in [5.41, 5.74) is 6.82. The average molecular weight is 298 g/mol. The van der Waals surface area contributed by atoms with Crippen LogP contribution in [-0.2, 0) is 9.53 Å². The molecule has 110 valence electrons. The van der Waals surface area contributed by atoms with E-state index in [9.17, 15) is 4.79 Å². The molecule has 0 heterocycles. The zero-order valence-electron chi connectivity index (χ0n) is 11.6. The Morgan fingerprint density at radius 3 is 2.95 bits per heavy atom. The quantitative estimate of drug-likeness (QED) is 0.755. The number of benzene rings is 1. The Labute approximate surface area is 124 Å². The zero-order valence-corrected chi connectivity index (χ0v) is 12.3. The first kappa shape index (κ1) is 15.1. The number of rotatable bonds is 7. The monoisotopic (exact) mass is 297 g/mol. The highest BCUT2D eigenvalue weighted by molar-refractivity contribution is 6.33. The first-order valence-corrected chi connectivity index (χ1v) is 7.06. The van der Waals surface area contributed by atoms with Gasteiger partial charge in [0.05, 0.1) is 23.9 Å². The third-order valence-corrected chi connectivity index (χ3v) is 3.59. The molecule has 1 aliphatic carbocycles. The van der Waals surface area contributed by atoms with Crippen LogP contribution in [0.5, 0.6) is 0 Å². The number of halogens is 1. The van der Waals surface area contributed by atoms with Crippen LogP contribution in [0.2, 0.25) is 5.02 Å². The minimum atomic E-state index is -0.0829. The molecule has 3 N–H and O–H groups in total. The SMILES string of the molecule is COCCN(CC(=O)Nc1cc(N)ccc1Cl)C1CC1. The van der Waals surface area contributed by atoms with Crippen LogP contribution in [0, 0.1) is 0 Å². The van der Waals surface area contributed by atoms with E-state index in [0.717, 1.165) is 19.4 Å². The number of nitrogens with one attached hydrogen (secondary N) is 1. The van der Waals surface area contributed by atoms with E-state index in [-0.39, 0.29) is 5.91 Å². The van der Waals surface area contributed by atoms with Crippen molar-refractivity contribution in [3.63, 3.8) is 0 Å². The average Bonchev–Trinajstić information content (AvgIpc) is 3.23. The Hall–Kier alpha value is -1.30. The molecule has 1 aromatic carbocycles. The van der Waals surface area contributed by atoms with E-state index in [2.05, 4.69) is 10.2 Å². The molecule has 1 amide bonds. The van der Waals surface area contributed by atoms with Gasteiger partial charge in [0.25, 0.3) is 0 Å². The van der Waals surface area contributed by atoms with Crippen LogP contribution >= 0.6 is 11.6 Å². The number of hydrogen-bond donors (Lipinski definition) is 2. The molecule has 1 aliphatic rings. The number of anilines is 2. The van der Waals surface area contributed by atoms with Crippen LogP contribution in [0.3, 0.4) is 0 Å². The number of carbonyl (C=O) groups is 1. The molecule has 0 atom stereocenters. The fourth-order valence-corrected chi connectivity index (χ4v) is 2.22. The lowest BCUT2D eigenvalue weighted by molar-refractivity contribution is -0.117. The Kier molecular flexibility index (Phi) is 5.23. The molecular weight excluding hydrogens is 278 g/mol. The van der Waals surface area contributed by atoms with E-state index in [4.69, 9.17) is 22.1 Å². The molecule has 6 heteroatoms. The van der Waals surface area contributed by atoms with Crippen LogP contribution < -0.4 is 11.1 Å². The van der Waals surface area contributed by atoms with Gasteiger partial charge in [-0.15, -0.1) is 0 Å². The summed E-state index contributed by atoms with van der Waals surface area (Å²) in [4.78, 5) is 14.2. The normalized spacial score (nSPS) is 14.6. The van der Waals surface area contributed by atoms with Gasteiger partial charge in [-0.3, -0.25) is 9.69 Å². The summed E-state index contributed by atoms with van der Waals surface area (Å²) in [6, 6.07) is 5.55. The van der Waals surface area contributed by atoms with Gasteiger partial charge >= 0.3 is 0 Å². The number of nitrogen functional groups attached to an aromatic ring is 1. The van der Waals surface area contributed by atoms with E-state index < -0.39 is 0 Å². The third-order valence-electron chi connectivity index (χ3n) is 3.26. The number of amides is 1. The maximum atomic E-state index is 12.1. The highest BCUT2D eigenvalue weighted by atomic mass is 35.5. The standard InChI is InChI=1S/C14H20ClN3O2/c1-20-7-6-18(11-3-4-11)9-14(19)17-13-8-10(16)2-5-12(13)15/h2,5,8,11H,3-4,6-7,9,16H2,1H3,(H,17,19). The van der Waals surface area contributed by atoms with E-state index in [1.807, 2.05) is 0 Å². The predicted octanol–water partition coefficient (Wildman–Crippen LogP) is 1.97. The molecule has 0 aromatic heterocycles. The van der Waals surface area contributed by atoms with Crippen molar-refractivity contribution in [1.82, 2.24) is 4.90 Å². The summed E-state index contributed by atoms with van der Waals surface area (Å²) >= 11 is 6.03. The molecule has 1 fully saturated rings. The summed E-state index contributed by atoms with van der Waals surface area (Å²) in [6.07, 6.45) is 2.30. The molecule has 0 radical (unpaired) electrons. The number of hydrogen-bond acceptors (Lipinski definition) is 4. The number of ether oxygens (including phenoxy) is 1. The van der Waals surface area contributed by atoms with Crippen molar-refractivity contribution < 1.29 is 9.53 Å². The van der Waals surface area contributed by atoms with Crippen LogP contribution in [0.15, 0.2) is 18.2 Å². The molecule has 1 aromatic rings. The number of methoxy groups -OCH3 is 1. The van der Waals surface area contributed by atoms with E-state index in [0.29, 0.717) is 35.6 Å². The number of nitrogens with two attached hydrogens (primary N) is 1. The van der Waals surface area contributed by atoms with E-state index in [1.54, 1.807) is 25.3 Å². The van der Waals surface area contributed by atoms with Crippen molar-refractivity contribution in [3.8, 4) is 0 Å². The second-order valence-electron chi connectivity index (χ2n) is 4.98. The topological polar surface area (TPSA) is 67.6 Å². The van der Waals surface area contributed by atoms with Gasteiger partial charge in [-0.05, 0) is 31.0 Å². The van der Waals surface area contributed by atoms with Crippen LogP contribution in [-0.4, -0.2) is 43.7 Å². The van der Waals surface area contributed by atoms with Gasteiger partial charge < -0.3 is 15.8 Å². The van der Waals surface area contributed by atoms with Crippen molar-refractivity contribution in [2.24, 2.45) is 0 Å². The van der Waals surface area contributed by atoms with Gasteiger partial charge in [0.15, 0.2) is 0 Å². The number of carbonyl (C=O) groups excluding carboxylic acids is 1. The van der Waals surface area contributed by atoms with Crippen LogP contribution in [0.1, 0.15) is 12.8 Å². The van der Waals surface area contributed by atoms with Crippen molar-refractivity contribution in [2.75, 3.05) is 37.9 Å². The third kappa shape index (κ3) is 4.37. The molecule has 1 saturated carbocycles. The van der Waals surface area contributed by atoms with Crippen LogP contribution in [0.25, 0.3) is 0 Å². The summed E-state index contributed by atoms with van der Waals surface area (Å²) < 4.78 is 5.07. The van der Waals surface area contributed by atoms with Crippen molar-refractivity contribution in [2.45, 2.75) is 18.9 Å². The summed E-state index contributed by atoms with van der Waals surface area (Å²) in [6.45, 7) is 1.74. The molecule has 0 spiro atoms. The van der Waals surface area contributed by atoms with Gasteiger partial charge in [0.2, 0.25) is 5.91 Å². The Bertz CT molecular complexity index is 477. The van der Waals surface area contributed by atoms with Crippen molar-refractivity contribution in [3.05, 3.63) is 23.2 Å². The van der Waals surface area contributed by atoms with Gasteiger partial charge in [0.1, 0.15) is 0 Å². The van der Waals surface area contributed by atoms with Gasteiger partial charge in [-0.25, -0.2) is 0 Å². The number of nitrogens with zero attached hydrogens (tertiary/aromatic N) is 1. The lowest BCUT2D eigenvalue weighted by atomic mass is 10.2. The fraction of sp³-hybridized carbons (Fsp3) is 0.500. The van der Waals surface area contributed by atoms with Crippen molar-refractivity contribution in [1.29, 1.82) is 0 Å². The highest BCUT2D eigenvalue weighted by Gasteiger charge is 2.29. The highest BCUT2D eigenvalue weighted by Crippen LogP contribution is 2.27. The predicted molar refractivity (Wildman–Crippen MR) is 81.0 cm³/mol. The van der Waals surface area contributed by atoms with Crippen molar-refractivity contribution >= 4 is 28.9 Å². The van der Waals surface area contributed by atoms with Gasteiger partial charge in [-0.2, -0.15) is 0 Å². The van der Waals surface area contributed by atoms with E-state index in [1.165, 1.54) is 0 Å². The van der Waals surface area contributed by atoms with Gasteiger partial charge in [0, 0.05) is 25.4 Å². The molecular formula is C14H20ClN3O2. The maximum absolute atomic E-state index is 12.1. The van der Waals surface area contributed by atoms with Crippen LogP contribution in [0.4, 0.5) is 11.4 Å². The lowest BCUT2D eigenvalue weighted by Crippen LogP contribution is -2.37. The Morgan fingerprint density at radius 2 is 2.30 bits per heavy atom. The molecule has 0 saturated heterocycles. The minimum Gasteiger partial charge on any atom is -0.399 e. The molecule has 0 unspecified atom stereocenters. The molecule has 20 heavy (non-hydrogen) atoms. The fourth-order valence-electron chi connectivity index (χ4n) is 2.05. The second-order valence-corrected chi connectivity index (χ2v) is 5.39. The smallest absolute Gasteiger partial charge is 0.238 e. The lowest BCUT2D eigenvalue weighted by Gasteiger charge is -2.21. The summed E-state index contributed by atoms with van der Waals surface area (Å²) in [5, 5.41) is 3.30. The molecule has 0 bridgehead atoms. The first-order chi connectivity index (χ1) is 9.60. The second kappa shape index (κ2) is 6.92. The van der Waals surface area contributed by atoms with Gasteiger partial charge in [-0.1, -0.05) is 11.6 Å². The first-order valence-electron chi connectivity index (χ1n) is 6.68. The zero-order chi connectivity index (χ0) is 14.5. The Morgan fingerprint density at radius 1 is 1.55 bits per heavy atom. The molecule has 5 nitrogen and oxygen atoms in total.